The Kier molecular flexibility index (Phi) is 3.26. The first-order valence-corrected chi connectivity index (χ1v) is 4.25. The second-order valence-corrected chi connectivity index (χ2v) is 2.74. The molecule has 0 unspecified atom stereocenters. The average Bonchev–Trinajstić information content (AvgIpc) is 2.21. The fraction of sp³-hybridized carbons (Fsp3) is 0.182. The van der Waals surface area contributed by atoms with Crippen LogP contribution in [0.5, 0.6) is 0 Å². The highest BCUT2D eigenvalue weighted by atomic mass is 16.4. The molecule has 0 aromatic heterocycles. The largest absolute Gasteiger partial charge is 0.411 e. The van der Waals surface area contributed by atoms with Gasteiger partial charge in [-0.15, -0.1) is 0 Å². The highest BCUT2D eigenvalue weighted by Crippen LogP contribution is 2.14. The molecule has 1 rings (SSSR count). The monoisotopic (exact) mass is 175 g/mol. The third kappa shape index (κ3) is 2.18. The molecule has 0 saturated heterocycles. The zero-order valence-corrected chi connectivity index (χ0v) is 7.70. The van der Waals surface area contributed by atoms with Crippen molar-refractivity contribution in [3.8, 4) is 0 Å². The topological polar surface area (TPSA) is 32.6 Å². The zero-order valence-electron chi connectivity index (χ0n) is 7.70. The molecule has 0 amide bonds. The fourth-order valence-electron chi connectivity index (χ4n) is 1.15. The minimum Gasteiger partial charge on any atom is -0.411 e. The summed E-state index contributed by atoms with van der Waals surface area (Å²) in [4.78, 5) is 0. The summed E-state index contributed by atoms with van der Waals surface area (Å²) >= 11 is 0. The molecular formula is C11H13NO. The Morgan fingerprint density at radius 1 is 1.38 bits per heavy atom. The van der Waals surface area contributed by atoms with Crippen molar-refractivity contribution >= 4 is 11.3 Å². The minimum atomic E-state index is 0.631. The maximum Gasteiger partial charge on any atom is 0.0865 e. The molecule has 1 N–H and O–H groups in total. The van der Waals surface area contributed by atoms with Gasteiger partial charge < -0.3 is 5.21 Å². The summed E-state index contributed by atoms with van der Waals surface area (Å²) in [6.45, 7) is 5.81. The van der Waals surface area contributed by atoms with E-state index in [-0.39, 0.29) is 0 Å². The lowest BCUT2D eigenvalue weighted by atomic mass is 10.0. The summed E-state index contributed by atoms with van der Waals surface area (Å²) in [7, 11) is 0. The smallest absolute Gasteiger partial charge is 0.0865 e. The summed E-state index contributed by atoms with van der Waals surface area (Å²) < 4.78 is 0. The number of hydrogen-bond donors (Lipinski definition) is 1. The molecule has 2 heteroatoms. The molecule has 0 radical (unpaired) electrons. The second kappa shape index (κ2) is 4.45. The zero-order chi connectivity index (χ0) is 9.68. The highest BCUT2D eigenvalue weighted by Gasteiger charge is 2.04. The number of hydrogen-bond acceptors (Lipinski definition) is 2. The summed E-state index contributed by atoms with van der Waals surface area (Å²) in [5, 5.41) is 11.9. The van der Waals surface area contributed by atoms with Crippen molar-refractivity contribution in [3.05, 3.63) is 42.5 Å². The van der Waals surface area contributed by atoms with E-state index in [9.17, 15) is 0 Å². The first-order chi connectivity index (χ1) is 6.29. The highest BCUT2D eigenvalue weighted by molar-refractivity contribution is 6.22. The quantitative estimate of drug-likeness (QED) is 0.427. The van der Waals surface area contributed by atoms with Crippen molar-refractivity contribution in [3.63, 3.8) is 0 Å². The normalized spacial score (nSPS) is 11.3. The van der Waals surface area contributed by atoms with E-state index in [0.29, 0.717) is 12.1 Å². The molecule has 68 valence electrons. The van der Waals surface area contributed by atoms with Gasteiger partial charge in [0.15, 0.2) is 0 Å². The first-order valence-electron chi connectivity index (χ1n) is 4.25. The number of nitrogens with zero attached hydrogens (tertiary/aromatic N) is 1. The van der Waals surface area contributed by atoms with E-state index >= 15 is 0 Å². The molecule has 1 aromatic rings. The number of allylic oxidation sites excluding steroid dienone is 1. The van der Waals surface area contributed by atoms with Crippen LogP contribution in [0.4, 0.5) is 0 Å². The average molecular weight is 175 g/mol. The van der Waals surface area contributed by atoms with E-state index in [0.717, 1.165) is 11.1 Å². The molecule has 0 aliphatic heterocycles. The van der Waals surface area contributed by atoms with E-state index in [1.807, 2.05) is 37.3 Å². The van der Waals surface area contributed by atoms with Gasteiger partial charge >= 0.3 is 0 Å². The Morgan fingerprint density at radius 2 is 2.00 bits per heavy atom. The Labute approximate surface area is 78.2 Å². The van der Waals surface area contributed by atoms with Crippen LogP contribution in [0.15, 0.2) is 42.1 Å². The van der Waals surface area contributed by atoms with E-state index < -0.39 is 0 Å². The van der Waals surface area contributed by atoms with Crippen molar-refractivity contribution < 1.29 is 5.21 Å². The molecule has 0 saturated carbocycles. The van der Waals surface area contributed by atoms with Crippen molar-refractivity contribution in [2.45, 2.75) is 13.3 Å². The van der Waals surface area contributed by atoms with Crippen molar-refractivity contribution in [2.24, 2.45) is 5.16 Å². The van der Waals surface area contributed by atoms with Crippen LogP contribution in [0.3, 0.4) is 0 Å². The minimum absolute atomic E-state index is 0.631. The third-order valence-corrected chi connectivity index (χ3v) is 1.93. The van der Waals surface area contributed by atoms with E-state index in [2.05, 4.69) is 11.7 Å². The van der Waals surface area contributed by atoms with Crippen LogP contribution in [0.25, 0.3) is 5.57 Å². The van der Waals surface area contributed by atoms with E-state index in [1.165, 1.54) is 0 Å². The lowest BCUT2D eigenvalue weighted by Gasteiger charge is -2.04. The van der Waals surface area contributed by atoms with Crippen molar-refractivity contribution in [1.29, 1.82) is 0 Å². The lowest BCUT2D eigenvalue weighted by Crippen LogP contribution is -1.98. The van der Waals surface area contributed by atoms with E-state index in [1.54, 1.807) is 0 Å². The number of oxime groups is 1. The first kappa shape index (κ1) is 9.52. The number of rotatable bonds is 3. The van der Waals surface area contributed by atoms with Crippen LogP contribution < -0.4 is 0 Å². The summed E-state index contributed by atoms with van der Waals surface area (Å²) in [5.74, 6) is 0. The van der Waals surface area contributed by atoms with E-state index in [4.69, 9.17) is 5.21 Å². The maximum absolute atomic E-state index is 8.68. The lowest BCUT2D eigenvalue weighted by molar-refractivity contribution is 0.319. The van der Waals surface area contributed by atoms with Gasteiger partial charge in [-0.05, 0) is 17.6 Å². The van der Waals surface area contributed by atoms with Gasteiger partial charge in [0, 0.05) is 0 Å². The summed E-state index contributed by atoms with van der Waals surface area (Å²) in [6, 6.07) is 9.71. The Balaban J connectivity index is 2.92. The van der Waals surface area contributed by atoms with Gasteiger partial charge in [0.1, 0.15) is 0 Å². The second-order valence-electron chi connectivity index (χ2n) is 2.74. The Bertz CT molecular complexity index is 314. The van der Waals surface area contributed by atoms with Crippen LogP contribution in [-0.4, -0.2) is 10.9 Å². The Hall–Kier alpha value is -1.57. The van der Waals surface area contributed by atoms with Gasteiger partial charge in [0.25, 0.3) is 0 Å². The summed E-state index contributed by atoms with van der Waals surface area (Å²) in [6.07, 6.45) is 0.685. The molecule has 0 aliphatic rings. The van der Waals surface area contributed by atoms with Crippen LogP contribution in [-0.2, 0) is 0 Å². The molecular weight excluding hydrogens is 162 g/mol. The van der Waals surface area contributed by atoms with Crippen LogP contribution in [0.2, 0.25) is 0 Å². The molecule has 0 spiro atoms. The maximum atomic E-state index is 8.68. The van der Waals surface area contributed by atoms with Crippen LogP contribution in [0.1, 0.15) is 18.9 Å². The van der Waals surface area contributed by atoms with Gasteiger partial charge in [-0.3, -0.25) is 0 Å². The molecule has 0 atom stereocenters. The molecule has 13 heavy (non-hydrogen) atoms. The van der Waals surface area contributed by atoms with Crippen molar-refractivity contribution in [1.82, 2.24) is 0 Å². The standard InChI is InChI=1S/C11H13NO/c1-3-11(12-13)9(2)10-7-5-4-6-8-10/h4-8,13H,2-3H2,1H3/b12-11+. The van der Waals surface area contributed by atoms with Gasteiger partial charge in [-0.25, -0.2) is 0 Å². The molecule has 0 bridgehead atoms. The predicted octanol–water partition coefficient (Wildman–Crippen LogP) is 2.94. The van der Waals surface area contributed by atoms with Crippen LogP contribution >= 0.6 is 0 Å². The van der Waals surface area contributed by atoms with Gasteiger partial charge in [-0.1, -0.05) is 49.0 Å². The summed E-state index contributed by atoms with van der Waals surface area (Å²) in [5.41, 5.74) is 2.41. The van der Waals surface area contributed by atoms with Gasteiger partial charge in [0.05, 0.1) is 5.71 Å². The predicted molar refractivity (Wildman–Crippen MR) is 55.0 cm³/mol. The number of benzene rings is 1. The van der Waals surface area contributed by atoms with Gasteiger partial charge in [-0.2, -0.15) is 0 Å². The Morgan fingerprint density at radius 3 is 2.46 bits per heavy atom. The molecule has 0 heterocycles. The van der Waals surface area contributed by atoms with Crippen molar-refractivity contribution in [2.75, 3.05) is 0 Å². The molecule has 2 nitrogen and oxygen atoms in total. The van der Waals surface area contributed by atoms with Crippen LogP contribution in [0, 0.1) is 0 Å². The van der Waals surface area contributed by atoms with Gasteiger partial charge in [0.2, 0.25) is 0 Å². The SMILES string of the molecule is C=C(/C(CC)=N/O)c1ccccc1. The molecule has 1 aromatic carbocycles. The molecule has 0 aliphatic carbocycles. The fourth-order valence-corrected chi connectivity index (χ4v) is 1.15. The molecule has 0 fully saturated rings. The third-order valence-electron chi connectivity index (χ3n) is 1.93.